The van der Waals surface area contributed by atoms with Crippen molar-refractivity contribution in [3.8, 4) is 5.69 Å². The standard InChI is InChI=1S/C25H37N5O/c1-27-16-11-23(12-17-27)28(2)25(31)10-9-21-7-4-14-29(19-21)20-22-6-3-8-24(18-22)30-15-5-13-26-30/h3,5-6,8,13,15,18,21,23H,4,7,9-12,14,16-17,19-20H2,1-2H3/t21-/m0/s1. The van der Waals surface area contributed by atoms with E-state index in [0.717, 1.165) is 57.7 Å². The maximum Gasteiger partial charge on any atom is 0.222 e. The zero-order valence-corrected chi connectivity index (χ0v) is 19.1. The second kappa shape index (κ2) is 10.4. The lowest BCUT2D eigenvalue weighted by molar-refractivity contribution is -0.133. The number of aromatic nitrogens is 2. The van der Waals surface area contributed by atoms with Gasteiger partial charge in [0.25, 0.3) is 0 Å². The maximum absolute atomic E-state index is 12.8. The van der Waals surface area contributed by atoms with E-state index in [1.807, 2.05) is 35.1 Å². The Morgan fingerprint density at radius 2 is 2.00 bits per heavy atom. The molecule has 2 fully saturated rings. The Morgan fingerprint density at radius 1 is 1.16 bits per heavy atom. The molecule has 3 heterocycles. The number of nitrogens with zero attached hydrogens (tertiary/aromatic N) is 5. The van der Waals surface area contributed by atoms with E-state index in [1.54, 1.807) is 0 Å². The van der Waals surface area contributed by atoms with Crippen molar-refractivity contribution in [2.24, 2.45) is 5.92 Å². The molecule has 1 aromatic carbocycles. The van der Waals surface area contributed by atoms with Crippen LogP contribution < -0.4 is 0 Å². The Hall–Kier alpha value is -2.18. The Labute approximate surface area is 186 Å². The summed E-state index contributed by atoms with van der Waals surface area (Å²) in [6.07, 6.45) is 10.2. The summed E-state index contributed by atoms with van der Waals surface area (Å²) in [7, 11) is 4.18. The number of hydrogen-bond acceptors (Lipinski definition) is 4. The van der Waals surface area contributed by atoms with Gasteiger partial charge in [-0.3, -0.25) is 9.69 Å². The number of hydrogen-bond donors (Lipinski definition) is 0. The minimum absolute atomic E-state index is 0.332. The number of benzene rings is 1. The molecule has 2 aliphatic rings. The highest BCUT2D eigenvalue weighted by molar-refractivity contribution is 5.76. The topological polar surface area (TPSA) is 44.6 Å². The molecule has 0 spiro atoms. The molecule has 6 heteroatoms. The molecule has 2 aromatic rings. The molecule has 0 saturated carbocycles. The number of amides is 1. The first kappa shape index (κ1) is 22.0. The first-order valence-corrected chi connectivity index (χ1v) is 11.8. The molecule has 0 unspecified atom stereocenters. The van der Waals surface area contributed by atoms with Crippen molar-refractivity contribution in [2.45, 2.75) is 51.1 Å². The Kier molecular flexibility index (Phi) is 7.41. The molecule has 31 heavy (non-hydrogen) atoms. The van der Waals surface area contributed by atoms with E-state index in [-0.39, 0.29) is 0 Å². The SMILES string of the molecule is CN1CCC(N(C)C(=O)CC[C@@H]2CCCN(Cc3cccc(-n4cccn4)c3)C2)CC1. The van der Waals surface area contributed by atoms with Crippen LogP contribution in [0, 0.1) is 5.92 Å². The van der Waals surface area contributed by atoms with Gasteiger partial charge in [0, 0.05) is 45.0 Å². The van der Waals surface area contributed by atoms with E-state index in [1.165, 1.54) is 18.4 Å². The van der Waals surface area contributed by atoms with Gasteiger partial charge in [0.2, 0.25) is 5.91 Å². The summed E-state index contributed by atoms with van der Waals surface area (Å²) in [5, 5.41) is 4.34. The van der Waals surface area contributed by atoms with E-state index in [0.29, 0.717) is 24.3 Å². The van der Waals surface area contributed by atoms with Crippen LogP contribution in [-0.4, -0.2) is 76.7 Å². The Balaban J connectivity index is 1.25. The number of rotatable bonds is 7. The third-order valence-corrected chi connectivity index (χ3v) is 7.08. The minimum Gasteiger partial charge on any atom is -0.343 e. The van der Waals surface area contributed by atoms with Crippen LogP contribution in [0.3, 0.4) is 0 Å². The summed E-state index contributed by atoms with van der Waals surface area (Å²) >= 11 is 0. The van der Waals surface area contributed by atoms with Crippen LogP contribution in [0.4, 0.5) is 0 Å². The molecule has 2 aliphatic heterocycles. The van der Waals surface area contributed by atoms with Gasteiger partial charge in [-0.25, -0.2) is 4.68 Å². The monoisotopic (exact) mass is 423 g/mol. The van der Waals surface area contributed by atoms with Gasteiger partial charge in [-0.2, -0.15) is 5.10 Å². The normalized spacial score (nSPS) is 21.3. The molecular formula is C25H37N5O. The van der Waals surface area contributed by atoms with Crippen LogP contribution in [0.25, 0.3) is 5.69 Å². The smallest absolute Gasteiger partial charge is 0.222 e. The fraction of sp³-hybridized carbons (Fsp3) is 0.600. The molecule has 0 aliphatic carbocycles. The molecular weight excluding hydrogens is 386 g/mol. The maximum atomic E-state index is 12.8. The number of carbonyl (C=O) groups is 1. The van der Waals surface area contributed by atoms with Gasteiger partial charge in [-0.15, -0.1) is 0 Å². The first-order chi connectivity index (χ1) is 15.1. The summed E-state index contributed by atoms with van der Waals surface area (Å²) in [5.41, 5.74) is 2.44. The lowest BCUT2D eigenvalue weighted by atomic mass is 9.92. The number of piperidine rings is 2. The first-order valence-electron chi connectivity index (χ1n) is 11.8. The van der Waals surface area contributed by atoms with Crippen LogP contribution in [0.2, 0.25) is 0 Å². The third-order valence-electron chi connectivity index (χ3n) is 7.08. The predicted octanol–water partition coefficient (Wildman–Crippen LogP) is 3.42. The largest absolute Gasteiger partial charge is 0.343 e. The van der Waals surface area contributed by atoms with E-state index in [9.17, 15) is 4.79 Å². The van der Waals surface area contributed by atoms with Crippen molar-refractivity contribution in [1.82, 2.24) is 24.5 Å². The van der Waals surface area contributed by atoms with Gasteiger partial charge < -0.3 is 9.80 Å². The Bertz CT molecular complexity index is 828. The molecule has 2 saturated heterocycles. The summed E-state index contributed by atoms with van der Waals surface area (Å²) in [6, 6.07) is 11.0. The molecule has 1 atom stereocenters. The number of likely N-dealkylation sites (tertiary alicyclic amines) is 2. The van der Waals surface area contributed by atoms with Crippen molar-refractivity contribution in [3.63, 3.8) is 0 Å². The van der Waals surface area contributed by atoms with Crippen LogP contribution in [0.5, 0.6) is 0 Å². The van der Waals surface area contributed by atoms with Gasteiger partial charge in [0.05, 0.1) is 5.69 Å². The van der Waals surface area contributed by atoms with E-state index < -0.39 is 0 Å². The number of carbonyl (C=O) groups excluding carboxylic acids is 1. The summed E-state index contributed by atoms with van der Waals surface area (Å²) in [5.74, 6) is 0.955. The Morgan fingerprint density at radius 3 is 2.77 bits per heavy atom. The lowest BCUT2D eigenvalue weighted by Crippen LogP contribution is -2.44. The average molecular weight is 424 g/mol. The highest BCUT2D eigenvalue weighted by Gasteiger charge is 2.25. The zero-order valence-electron chi connectivity index (χ0n) is 19.1. The van der Waals surface area contributed by atoms with Gasteiger partial charge in [0.15, 0.2) is 0 Å². The highest BCUT2D eigenvalue weighted by atomic mass is 16.2. The molecule has 6 nitrogen and oxygen atoms in total. The quantitative estimate of drug-likeness (QED) is 0.685. The summed E-state index contributed by atoms with van der Waals surface area (Å²) < 4.78 is 1.91. The van der Waals surface area contributed by atoms with Crippen molar-refractivity contribution in [2.75, 3.05) is 40.3 Å². The van der Waals surface area contributed by atoms with Gasteiger partial charge in [-0.1, -0.05) is 12.1 Å². The summed E-state index contributed by atoms with van der Waals surface area (Å²) in [4.78, 5) is 19.7. The predicted molar refractivity (Wildman–Crippen MR) is 124 cm³/mol. The van der Waals surface area contributed by atoms with Gasteiger partial charge in [0.1, 0.15) is 0 Å². The van der Waals surface area contributed by atoms with Crippen LogP contribution >= 0.6 is 0 Å². The van der Waals surface area contributed by atoms with Crippen LogP contribution in [-0.2, 0) is 11.3 Å². The molecule has 1 aromatic heterocycles. The van der Waals surface area contributed by atoms with E-state index >= 15 is 0 Å². The second-order valence-electron chi connectivity index (χ2n) is 9.44. The molecule has 0 N–H and O–H groups in total. The highest BCUT2D eigenvalue weighted by Crippen LogP contribution is 2.24. The second-order valence-corrected chi connectivity index (χ2v) is 9.44. The molecule has 1 amide bonds. The van der Waals surface area contributed by atoms with E-state index in [2.05, 4.69) is 46.2 Å². The van der Waals surface area contributed by atoms with Crippen molar-refractivity contribution < 1.29 is 4.79 Å². The average Bonchev–Trinajstić information content (AvgIpc) is 3.33. The molecule has 168 valence electrons. The van der Waals surface area contributed by atoms with Gasteiger partial charge >= 0.3 is 0 Å². The third kappa shape index (κ3) is 5.95. The molecule has 0 radical (unpaired) electrons. The fourth-order valence-electron chi connectivity index (χ4n) is 5.10. The van der Waals surface area contributed by atoms with E-state index in [4.69, 9.17) is 0 Å². The zero-order chi connectivity index (χ0) is 21.6. The van der Waals surface area contributed by atoms with Crippen molar-refractivity contribution in [3.05, 3.63) is 48.3 Å². The molecule has 4 rings (SSSR count). The fourth-order valence-corrected chi connectivity index (χ4v) is 5.10. The van der Waals surface area contributed by atoms with Crippen molar-refractivity contribution >= 4 is 5.91 Å². The van der Waals surface area contributed by atoms with Crippen LogP contribution in [0.15, 0.2) is 42.7 Å². The molecule has 0 bridgehead atoms. The van der Waals surface area contributed by atoms with Crippen LogP contribution in [0.1, 0.15) is 44.1 Å². The van der Waals surface area contributed by atoms with Crippen molar-refractivity contribution in [1.29, 1.82) is 0 Å². The minimum atomic E-state index is 0.332. The van der Waals surface area contributed by atoms with Gasteiger partial charge in [-0.05, 0) is 88.5 Å². The lowest BCUT2D eigenvalue weighted by Gasteiger charge is -2.36. The summed E-state index contributed by atoms with van der Waals surface area (Å²) in [6.45, 7) is 5.40.